The SMILES string of the molecule is CCCOc1ccc2c(c1)OC(=O)C[C@@H]2c1ccc(O)c(OC)c1.CCCOc1ccc2c(c1)OC(=O)C[C@H]2c1ccc(O)c(OC)c1.CCOc1ccc2c(c1)OC(=O)C[C@@H]2c1ccc(O)c(OC)c1.CCOc1ccc2c(c1)OC(=O)C[C@H]2c1ccc(O)c(OC)c1.COc1cc(O)c2c(c1)OC(=O)C[C@@H]2c1ccc(O)c(OC)c1.COc1cc(O)c2c(c1)OC(=O)C[C@H]2c1ccc(O)c(OC)c1. The highest BCUT2D eigenvalue weighted by molar-refractivity contribution is 5.83. The maximum atomic E-state index is 12.0. The fourth-order valence-corrected chi connectivity index (χ4v) is 16.8. The molecule has 6 aliphatic rings. The van der Waals surface area contributed by atoms with E-state index in [1.807, 2.05) is 76.2 Å². The van der Waals surface area contributed by atoms with E-state index in [1.165, 1.54) is 81.1 Å². The molecule has 0 aliphatic carbocycles. The normalized spacial score (nSPS) is 16.4. The molecule has 0 radical (unpaired) electrons. The van der Waals surface area contributed by atoms with Crippen LogP contribution in [0.5, 0.6) is 149 Å². The van der Waals surface area contributed by atoms with E-state index in [4.69, 9.17) is 85.3 Å². The lowest BCUT2D eigenvalue weighted by Crippen LogP contribution is -2.21. The number of fused-ring (bicyclic) bond motifs is 6. The lowest BCUT2D eigenvalue weighted by Gasteiger charge is -2.26. The Morgan fingerprint density at radius 3 is 0.650 bits per heavy atom. The number of rotatable bonds is 24. The molecule has 0 amide bonds. The Bertz CT molecular complexity index is 6130. The van der Waals surface area contributed by atoms with E-state index in [-0.39, 0.29) is 144 Å². The standard InChI is InChI=1S/2C19H20O5.2C18H18O5.2C17H16O6/c2*1-3-8-23-13-5-6-14-15(11-19(21)24-17(14)10-13)12-4-7-16(20)18(9-12)22-2;2*1-3-22-12-5-6-13-14(10-18(20)23-16(13)9-12)11-4-7-15(19)17(8-11)21-2;2*1-21-10-6-13(19)17-11(8-16(20)23-15(17)7-10)9-3-4-12(18)14(5-9)22-2/h2*4-7,9-10,15,20H,3,8,11H2,1-2H3;2*4-9,14,19H,3,10H2,1-2H3;2*3-7,11,18-19H,8H2,1-2H3/t2*15-;2*14-;2*11-/m101010/s1. The minimum Gasteiger partial charge on any atom is -0.507 e. The number of phenolic OH excluding ortho intramolecular Hbond substituents is 8. The van der Waals surface area contributed by atoms with Gasteiger partial charge in [-0.25, -0.2) is 0 Å². The molecule has 18 rings (SSSR count). The zero-order valence-corrected chi connectivity index (χ0v) is 79.0. The highest BCUT2D eigenvalue weighted by Crippen LogP contribution is 2.53. The van der Waals surface area contributed by atoms with Crippen molar-refractivity contribution in [1.82, 2.24) is 0 Å². The Kier molecular flexibility index (Phi) is 33.4. The van der Waals surface area contributed by atoms with Crippen LogP contribution in [0.25, 0.3) is 0 Å². The molecule has 0 fully saturated rings. The van der Waals surface area contributed by atoms with Gasteiger partial charge in [-0.15, -0.1) is 0 Å². The molecule has 0 saturated heterocycles. The number of aromatic hydroxyl groups is 8. The van der Waals surface area contributed by atoms with E-state index in [9.17, 15) is 69.6 Å². The summed E-state index contributed by atoms with van der Waals surface area (Å²) in [5.41, 5.74) is 9.74. The highest BCUT2D eigenvalue weighted by Gasteiger charge is 2.38. The second-order valence-corrected chi connectivity index (χ2v) is 32.5. The van der Waals surface area contributed by atoms with Crippen molar-refractivity contribution in [1.29, 1.82) is 0 Å². The number of esters is 6. The summed E-state index contributed by atoms with van der Waals surface area (Å²) in [5, 5.41) is 79.1. The van der Waals surface area contributed by atoms with Crippen LogP contribution in [0.4, 0.5) is 0 Å². The van der Waals surface area contributed by atoms with Crippen LogP contribution in [-0.2, 0) is 28.8 Å². The van der Waals surface area contributed by atoms with Crippen LogP contribution in [0.1, 0.15) is 181 Å². The second-order valence-electron chi connectivity index (χ2n) is 32.5. The molecule has 6 heterocycles. The number of methoxy groups -OCH3 is 8. The van der Waals surface area contributed by atoms with Crippen molar-refractivity contribution in [3.63, 3.8) is 0 Å². The molecule has 12 aromatic carbocycles. The Morgan fingerprint density at radius 2 is 0.436 bits per heavy atom. The van der Waals surface area contributed by atoms with Gasteiger partial charge in [0.25, 0.3) is 0 Å². The first-order chi connectivity index (χ1) is 67.5. The Morgan fingerprint density at radius 1 is 0.229 bits per heavy atom. The molecule has 0 unspecified atom stereocenters. The molecule has 0 bridgehead atoms. The molecule has 12 aromatic rings. The lowest BCUT2D eigenvalue weighted by atomic mass is 9.85. The molecule has 140 heavy (non-hydrogen) atoms. The van der Waals surface area contributed by atoms with Gasteiger partial charge in [-0.2, -0.15) is 0 Å². The number of phenols is 8. The van der Waals surface area contributed by atoms with Crippen LogP contribution in [0.15, 0.2) is 206 Å². The molecule has 6 atom stereocenters. The van der Waals surface area contributed by atoms with Gasteiger partial charge in [-0.1, -0.05) is 74.5 Å². The molecule has 0 saturated carbocycles. The number of benzene rings is 12. The number of hydrogen-bond donors (Lipinski definition) is 8. The maximum Gasteiger partial charge on any atom is 0.312 e. The molecular weight excluding hydrogens is 1810 g/mol. The quantitative estimate of drug-likeness (QED) is 0.0206. The molecular formula is C108H108O32. The first kappa shape index (κ1) is 101. The van der Waals surface area contributed by atoms with Gasteiger partial charge < -0.3 is 126 Å². The van der Waals surface area contributed by atoms with Crippen molar-refractivity contribution in [2.45, 2.75) is 115 Å². The Labute approximate surface area is 807 Å². The average molecular weight is 1920 g/mol. The summed E-state index contributed by atoms with van der Waals surface area (Å²) < 4.78 is 95.1. The van der Waals surface area contributed by atoms with E-state index >= 15 is 0 Å². The van der Waals surface area contributed by atoms with Gasteiger partial charge in [0.1, 0.15) is 80.5 Å². The van der Waals surface area contributed by atoms with Crippen LogP contribution in [0.3, 0.4) is 0 Å². The predicted molar refractivity (Wildman–Crippen MR) is 510 cm³/mol. The van der Waals surface area contributed by atoms with Crippen LogP contribution in [-0.4, -0.2) is 160 Å². The minimum atomic E-state index is -0.401. The van der Waals surface area contributed by atoms with Gasteiger partial charge in [-0.05, 0) is 157 Å². The van der Waals surface area contributed by atoms with E-state index < -0.39 is 23.8 Å². The number of carbonyl (C=O) groups is 6. The molecule has 0 aromatic heterocycles. The summed E-state index contributed by atoms with van der Waals surface area (Å²) in [5.74, 6) is 5.26. The fraction of sp³-hybridized carbons (Fsp3) is 0.278. The number of hydrogen-bond acceptors (Lipinski definition) is 32. The van der Waals surface area contributed by atoms with Crippen molar-refractivity contribution >= 4 is 35.8 Å². The molecule has 0 spiro atoms. The second kappa shape index (κ2) is 46.3. The summed E-state index contributed by atoms with van der Waals surface area (Å²) in [6.45, 7) is 10.2. The molecule has 8 N–H and O–H groups in total. The third-order valence-electron chi connectivity index (χ3n) is 23.6. The van der Waals surface area contributed by atoms with Gasteiger partial charge in [0.2, 0.25) is 0 Å². The van der Waals surface area contributed by atoms with Crippen molar-refractivity contribution in [2.75, 3.05) is 83.3 Å². The molecule has 732 valence electrons. The topological polar surface area (TPSA) is 430 Å². The van der Waals surface area contributed by atoms with Crippen LogP contribution >= 0.6 is 0 Å². The Hall–Kier alpha value is -16.5. The zero-order chi connectivity index (χ0) is 100. The highest BCUT2D eigenvalue weighted by atomic mass is 16.6. The van der Waals surface area contributed by atoms with E-state index in [1.54, 1.807) is 133 Å². The van der Waals surface area contributed by atoms with E-state index in [0.29, 0.717) is 130 Å². The zero-order valence-electron chi connectivity index (χ0n) is 79.0. The summed E-state index contributed by atoms with van der Waals surface area (Å²) >= 11 is 0. The monoisotopic (exact) mass is 1920 g/mol. The predicted octanol–water partition coefficient (Wildman–Crippen LogP) is 18.9. The lowest BCUT2D eigenvalue weighted by molar-refractivity contribution is -0.136. The first-order valence-corrected chi connectivity index (χ1v) is 44.9. The van der Waals surface area contributed by atoms with Crippen LogP contribution in [0, 0.1) is 0 Å². The van der Waals surface area contributed by atoms with Crippen molar-refractivity contribution in [3.05, 3.63) is 273 Å². The third-order valence-corrected chi connectivity index (χ3v) is 23.6. The van der Waals surface area contributed by atoms with Crippen LogP contribution in [0.2, 0.25) is 0 Å². The molecule has 6 aliphatic heterocycles. The van der Waals surface area contributed by atoms with Crippen molar-refractivity contribution in [2.24, 2.45) is 0 Å². The number of ether oxygens (including phenoxy) is 18. The summed E-state index contributed by atoms with van der Waals surface area (Å²) in [6, 6.07) is 58.4. The average Bonchev–Trinajstić information content (AvgIpc) is 0.772. The van der Waals surface area contributed by atoms with E-state index in [0.717, 1.165) is 68.5 Å². The van der Waals surface area contributed by atoms with Gasteiger partial charge in [-0.3, -0.25) is 28.8 Å². The van der Waals surface area contributed by atoms with Gasteiger partial charge >= 0.3 is 35.8 Å². The first-order valence-electron chi connectivity index (χ1n) is 44.9. The van der Waals surface area contributed by atoms with Crippen molar-refractivity contribution < 1.29 is 155 Å². The summed E-state index contributed by atoms with van der Waals surface area (Å²) in [6.07, 6.45) is 2.97. The maximum absolute atomic E-state index is 12.0. The summed E-state index contributed by atoms with van der Waals surface area (Å²) in [7, 11) is 11.8. The minimum absolute atomic E-state index is 0.00816. The Balaban J connectivity index is 0.000000141. The van der Waals surface area contributed by atoms with Gasteiger partial charge in [0.15, 0.2) is 69.0 Å². The fourth-order valence-electron chi connectivity index (χ4n) is 16.8. The smallest absolute Gasteiger partial charge is 0.312 e. The largest absolute Gasteiger partial charge is 0.507 e. The van der Waals surface area contributed by atoms with Crippen molar-refractivity contribution in [3.8, 4) is 149 Å². The molecule has 32 heteroatoms. The van der Waals surface area contributed by atoms with Gasteiger partial charge in [0, 0.05) is 117 Å². The van der Waals surface area contributed by atoms with Gasteiger partial charge in [0.05, 0.1) is 122 Å². The third kappa shape index (κ3) is 23.9. The van der Waals surface area contributed by atoms with Crippen LogP contribution < -0.4 is 85.3 Å². The molecule has 32 nitrogen and oxygen atoms in total. The van der Waals surface area contributed by atoms with E-state index in [2.05, 4.69) is 0 Å². The summed E-state index contributed by atoms with van der Waals surface area (Å²) in [4.78, 5) is 71.8. The number of carbonyl (C=O) groups excluding carboxylic acids is 6.